The second kappa shape index (κ2) is 7.70. The molecule has 0 saturated carbocycles. The van der Waals surface area contributed by atoms with Crippen molar-refractivity contribution in [1.82, 2.24) is 9.88 Å². The lowest BCUT2D eigenvalue weighted by molar-refractivity contribution is 0.0989. The average molecular weight is 426 g/mol. The molecule has 156 valence electrons. The maximum atomic E-state index is 13.0. The summed E-state index contributed by atoms with van der Waals surface area (Å²) in [7, 11) is -3.75. The Labute approximate surface area is 175 Å². The Hall–Kier alpha value is -2.97. The molecule has 0 fully saturated rings. The van der Waals surface area contributed by atoms with Crippen molar-refractivity contribution in [1.29, 1.82) is 0 Å². The Balaban J connectivity index is 1.56. The molecular weight excluding hydrogens is 402 g/mol. The third kappa shape index (κ3) is 3.76. The molecule has 0 aliphatic carbocycles. The molecule has 7 nitrogen and oxygen atoms in total. The first-order valence-electron chi connectivity index (χ1n) is 9.69. The molecule has 30 heavy (non-hydrogen) atoms. The van der Waals surface area contributed by atoms with E-state index in [1.807, 2.05) is 49.4 Å². The summed E-state index contributed by atoms with van der Waals surface area (Å²) in [6.45, 7) is 5.83. The summed E-state index contributed by atoms with van der Waals surface area (Å²) in [5.41, 5.74) is 4.68. The number of fused-ring (bicyclic) bond motifs is 1. The van der Waals surface area contributed by atoms with Crippen LogP contribution in [0.3, 0.4) is 0 Å². The van der Waals surface area contributed by atoms with Crippen LogP contribution in [0.5, 0.6) is 0 Å². The van der Waals surface area contributed by atoms with Gasteiger partial charge in [0.1, 0.15) is 10.6 Å². The number of nitrogens with zero attached hydrogens (tertiary/aromatic N) is 2. The first-order chi connectivity index (χ1) is 14.3. The highest BCUT2D eigenvalue weighted by atomic mass is 32.2. The summed E-state index contributed by atoms with van der Waals surface area (Å²) in [6, 6.07) is 13.2. The molecule has 2 heterocycles. The molecule has 1 aromatic heterocycles. The van der Waals surface area contributed by atoms with Crippen LogP contribution in [0.4, 0.5) is 5.69 Å². The minimum absolute atomic E-state index is 0.0501. The van der Waals surface area contributed by atoms with Crippen molar-refractivity contribution in [2.75, 3.05) is 11.4 Å². The van der Waals surface area contributed by atoms with Crippen molar-refractivity contribution in [2.45, 2.75) is 38.6 Å². The van der Waals surface area contributed by atoms with Crippen molar-refractivity contribution in [3.8, 4) is 0 Å². The Bertz CT molecular complexity index is 1210. The molecular formula is C22H23N3O4S. The van der Waals surface area contributed by atoms with Crippen molar-refractivity contribution in [2.24, 2.45) is 0 Å². The van der Waals surface area contributed by atoms with Gasteiger partial charge in [-0.15, -0.1) is 0 Å². The molecule has 1 amide bonds. The Morgan fingerprint density at radius 1 is 1.17 bits per heavy atom. The molecule has 1 N–H and O–H groups in total. The number of carbonyl (C=O) groups excluding carboxylic acids is 1. The van der Waals surface area contributed by atoms with E-state index in [4.69, 9.17) is 4.52 Å². The number of aromatic nitrogens is 1. The Morgan fingerprint density at radius 2 is 1.97 bits per heavy atom. The van der Waals surface area contributed by atoms with Gasteiger partial charge in [-0.3, -0.25) is 4.79 Å². The SMILES string of the molecule is Cc1cccc(C(=O)N2CCc3ccc(CNS(=O)(=O)c4c(C)noc4C)cc32)c1. The first kappa shape index (κ1) is 20.3. The van der Waals surface area contributed by atoms with E-state index in [0.29, 0.717) is 17.8 Å². The third-order valence-corrected chi connectivity index (χ3v) is 6.90. The maximum absolute atomic E-state index is 13.0. The molecule has 4 rings (SSSR count). The highest BCUT2D eigenvalue weighted by Gasteiger charge is 2.27. The van der Waals surface area contributed by atoms with E-state index >= 15 is 0 Å². The van der Waals surface area contributed by atoms with Crippen LogP contribution in [0.15, 0.2) is 51.9 Å². The predicted octanol–water partition coefficient (Wildman–Crippen LogP) is 3.28. The quantitative estimate of drug-likeness (QED) is 0.677. The second-order valence-corrected chi connectivity index (χ2v) is 9.22. The number of benzene rings is 2. The van der Waals surface area contributed by atoms with Crippen LogP contribution in [0.1, 0.15) is 38.5 Å². The molecule has 0 atom stereocenters. The van der Waals surface area contributed by atoms with Crippen molar-refractivity contribution in [3.05, 3.63) is 76.2 Å². The number of hydrogen-bond donors (Lipinski definition) is 1. The standard InChI is InChI=1S/C22H23N3O4S/c1-14-5-4-6-19(11-14)22(26)25-10-9-18-8-7-17(12-20(18)25)13-23-30(27,28)21-15(2)24-29-16(21)3/h4-8,11-12,23H,9-10,13H2,1-3H3. The molecule has 0 spiro atoms. The number of carbonyl (C=O) groups is 1. The molecule has 0 bridgehead atoms. The Morgan fingerprint density at radius 3 is 2.67 bits per heavy atom. The van der Waals surface area contributed by atoms with Gasteiger partial charge in [0.25, 0.3) is 5.91 Å². The van der Waals surface area contributed by atoms with Crippen molar-refractivity contribution < 1.29 is 17.7 Å². The van der Waals surface area contributed by atoms with Gasteiger partial charge < -0.3 is 9.42 Å². The summed E-state index contributed by atoms with van der Waals surface area (Å²) < 4.78 is 32.9. The summed E-state index contributed by atoms with van der Waals surface area (Å²) in [4.78, 5) is 14.8. The van der Waals surface area contributed by atoms with E-state index in [1.165, 1.54) is 0 Å². The molecule has 1 aliphatic rings. The third-order valence-electron chi connectivity index (χ3n) is 5.26. The maximum Gasteiger partial charge on any atom is 0.258 e. The number of anilines is 1. The summed E-state index contributed by atoms with van der Waals surface area (Å²) in [5.74, 6) is 0.204. The van der Waals surface area contributed by atoms with Crippen LogP contribution in [-0.4, -0.2) is 26.0 Å². The molecule has 0 saturated heterocycles. The van der Waals surface area contributed by atoms with E-state index in [0.717, 1.165) is 28.8 Å². The fraction of sp³-hybridized carbons (Fsp3) is 0.273. The smallest absolute Gasteiger partial charge is 0.258 e. The van der Waals surface area contributed by atoms with Gasteiger partial charge in [0.05, 0.1) is 0 Å². The zero-order valence-corrected chi connectivity index (χ0v) is 17.9. The zero-order valence-electron chi connectivity index (χ0n) is 17.1. The number of amides is 1. The van der Waals surface area contributed by atoms with Crippen LogP contribution in [0.2, 0.25) is 0 Å². The van der Waals surface area contributed by atoms with E-state index in [9.17, 15) is 13.2 Å². The van der Waals surface area contributed by atoms with Gasteiger partial charge in [0.15, 0.2) is 5.76 Å². The van der Waals surface area contributed by atoms with Crippen LogP contribution < -0.4 is 9.62 Å². The fourth-order valence-electron chi connectivity index (χ4n) is 3.79. The lowest BCUT2D eigenvalue weighted by Gasteiger charge is -2.18. The van der Waals surface area contributed by atoms with Gasteiger partial charge in [-0.2, -0.15) is 0 Å². The number of nitrogens with one attached hydrogen (secondary N) is 1. The largest absolute Gasteiger partial charge is 0.360 e. The lowest BCUT2D eigenvalue weighted by atomic mass is 10.1. The van der Waals surface area contributed by atoms with E-state index in [2.05, 4.69) is 9.88 Å². The number of hydrogen-bond acceptors (Lipinski definition) is 5. The van der Waals surface area contributed by atoms with Crippen LogP contribution in [0.25, 0.3) is 0 Å². The monoisotopic (exact) mass is 425 g/mol. The molecule has 2 aromatic carbocycles. The van der Waals surface area contributed by atoms with Gasteiger partial charge in [-0.1, -0.05) is 35.0 Å². The number of rotatable bonds is 5. The first-order valence-corrected chi connectivity index (χ1v) is 11.2. The van der Waals surface area contributed by atoms with Gasteiger partial charge in [-0.25, -0.2) is 13.1 Å². The minimum Gasteiger partial charge on any atom is -0.360 e. The fourth-order valence-corrected chi connectivity index (χ4v) is 5.13. The van der Waals surface area contributed by atoms with Crippen LogP contribution >= 0.6 is 0 Å². The minimum atomic E-state index is -3.75. The summed E-state index contributed by atoms with van der Waals surface area (Å²) >= 11 is 0. The highest BCUT2D eigenvalue weighted by molar-refractivity contribution is 7.89. The normalized spacial score (nSPS) is 13.5. The molecule has 0 radical (unpaired) electrons. The predicted molar refractivity (Wildman–Crippen MR) is 113 cm³/mol. The van der Waals surface area contributed by atoms with Gasteiger partial charge >= 0.3 is 0 Å². The van der Waals surface area contributed by atoms with Crippen LogP contribution in [-0.2, 0) is 23.0 Å². The number of sulfonamides is 1. The van der Waals surface area contributed by atoms with E-state index < -0.39 is 10.0 Å². The number of aryl methyl sites for hydroxylation is 3. The molecule has 3 aromatic rings. The molecule has 8 heteroatoms. The van der Waals surface area contributed by atoms with Gasteiger partial charge in [-0.05, 0) is 56.5 Å². The van der Waals surface area contributed by atoms with Crippen molar-refractivity contribution in [3.63, 3.8) is 0 Å². The van der Waals surface area contributed by atoms with E-state index in [-0.39, 0.29) is 23.1 Å². The summed E-state index contributed by atoms with van der Waals surface area (Å²) in [5, 5.41) is 3.71. The van der Waals surface area contributed by atoms with Gasteiger partial charge in [0, 0.05) is 24.3 Å². The molecule has 1 aliphatic heterocycles. The molecule has 0 unspecified atom stereocenters. The topological polar surface area (TPSA) is 92.5 Å². The zero-order chi connectivity index (χ0) is 21.5. The highest BCUT2D eigenvalue weighted by Crippen LogP contribution is 2.31. The van der Waals surface area contributed by atoms with Crippen LogP contribution in [0, 0.1) is 20.8 Å². The van der Waals surface area contributed by atoms with Crippen molar-refractivity contribution >= 4 is 21.6 Å². The summed E-state index contributed by atoms with van der Waals surface area (Å²) in [6.07, 6.45) is 0.776. The Kier molecular flexibility index (Phi) is 5.21. The second-order valence-electron chi connectivity index (χ2n) is 7.52. The van der Waals surface area contributed by atoms with Gasteiger partial charge in [0.2, 0.25) is 10.0 Å². The average Bonchev–Trinajstić information content (AvgIpc) is 3.28. The van der Waals surface area contributed by atoms with E-state index in [1.54, 1.807) is 18.7 Å². The lowest BCUT2D eigenvalue weighted by Crippen LogP contribution is -2.29.